The quantitative estimate of drug-likeness (QED) is 0.252. The topological polar surface area (TPSA) is 45.9 Å². The van der Waals surface area contributed by atoms with Gasteiger partial charge in [-0.15, -0.1) is 0 Å². The van der Waals surface area contributed by atoms with E-state index in [2.05, 4.69) is 55.1 Å². The third-order valence-electron chi connectivity index (χ3n) is 7.30. The highest BCUT2D eigenvalue weighted by Crippen LogP contribution is 2.32. The molecule has 2 heterocycles. The van der Waals surface area contributed by atoms with Crippen LogP contribution in [0.4, 0.5) is 0 Å². The molecule has 0 saturated carbocycles. The second-order valence-corrected chi connectivity index (χ2v) is 10.7. The highest BCUT2D eigenvalue weighted by Gasteiger charge is 2.25. The van der Waals surface area contributed by atoms with E-state index in [0.29, 0.717) is 24.6 Å². The van der Waals surface area contributed by atoms with Crippen LogP contribution in [0.1, 0.15) is 46.9 Å². The molecule has 196 valence electrons. The van der Waals surface area contributed by atoms with Crippen LogP contribution in [0.15, 0.2) is 95.4 Å². The molecule has 6 heteroatoms. The summed E-state index contributed by atoms with van der Waals surface area (Å²) in [5, 5.41) is 0.744. The molecule has 5 rings (SSSR count). The molecular weight excluding hydrogens is 496 g/mol. The number of halogens is 1. The first-order valence-corrected chi connectivity index (χ1v) is 13.4. The number of hydrogen-bond acceptors (Lipinski definition) is 4. The Kier molecular flexibility index (Phi) is 7.87. The van der Waals surface area contributed by atoms with Gasteiger partial charge in [0, 0.05) is 43.2 Å². The van der Waals surface area contributed by atoms with Gasteiger partial charge in [-0.1, -0.05) is 80.0 Å². The molecule has 38 heavy (non-hydrogen) atoms. The lowest BCUT2D eigenvalue weighted by atomic mass is 9.78. The Morgan fingerprint density at radius 1 is 0.842 bits per heavy atom. The predicted molar refractivity (Wildman–Crippen MR) is 151 cm³/mol. The number of amides is 1. The average molecular weight is 529 g/mol. The second kappa shape index (κ2) is 11.5. The molecule has 0 N–H and O–H groups in total. The Morgan fingerprint density at radius 3 is 2.18 bits per heavy atom. The molecule has 0 atom stereocenters. The van der Waals surface area contributed by atoms with Gasteiger partial charge < -0.3 is 14.1 Å². The van der Waals surface area contributed by atoms with Gasteiger partial charge in [-0.2, -0.15) is 0 Å². The van der Waals surface area contributed by atoms with Crippen LogP contribution in [0.2, 0.25) is 5.02 Å². The zero-order valence-electron chi connectivity index (χ0n) is 21.9. The Hall–Kier alpha value is -3.54. The van der Waals surface area contributed by atoms with Crippen molar-refractivity contribution in [2.75, 3.05) is 26.2 Å². The van der Waals surface area contributed by atoms with E-state index < -0.39 is 0 Å². The van der Waals surface area contributed by atoms with Crippen molar-refractivity contribution in [3.63, 3.8) is 0 Å². The first-order valence-electron chi connectivity index (χ1n) is 13.0. The molecule has 0 unspecified atom stereocenters. The summed E-state index contributed by atoms with van der Waals surface area (Å²) in [5.41, 5.74) is 3.61. The highest BCUT2D eigenvalue weighted by atomic mass is 35.5. The van der Waals surface area contributed by atoms with Crippen LogP contribution in [-0.4, -0.2) is 41.9 Å². The van der Waals surface area contributed by atoms with E-state index in [1.807, 2.05) is 53.4 Å². The van der Waals surface area contributed by atoms with Crippen LogP contribution in [0.25, 0.3) is 0 Å². The first-order chi connectivity index (χ1) is 18.4. The minimum Gasteiger partial charge on any atom is -0.486 e. The molecule has 0 bridgehead atoms. The largest absolute Gasteiger partial charge is 0.486 e. The lowest BCUT2D eigenvalue weighted by Crippen LogP contribution is -2.48. The Labute approximate surface area is 229 Å². The molecule has 1 aliphatic heterocycles. The summed E-state index contributed by atoms with van der Waals surface area (Å²) < 4.78 is 11.8. The number of hydrogen-bond donors (Lipinski definition) is 0. The van der Waals surface area contributed by atoms with Crippen molar-refractivity contribution in [3.8, 4) is 5.75 Å². The Morgan fingerprint density at radius 2 is 1.50 bits per heavy atom. The SMILES string of the molecule is CC(C)(c1ccccc1)c1ccc(OCc2ccc(C(=O)N3CCN(Cc4ccc(Cl)cc4)CC3)o2)cc1. The van der Waals surface area contributed by atoms with Gasteiger partial charge in [0.25, 0.3) is 5.91 Å². The van der Waals surface area contributed by atoms with E-state index in [9.17, 15) is 4.79 Å². The van der Waals surface area contributed by atoms with Gasteiger partial charge in [0.2, 0.25) is 0 Å². The lowest BCUT2D eigenvalue weighted by Gasteiger charge is -2.34. The van der Waals surface area contributed by atoms with Crippen molar-refractivity contribution in [3.05, 3.63) is 124 Å². The number of nitrogens with zero attached hydrogens (tertiary/aromatic N) is 2. The van der Waals surface area contributed by atoms with Crippen molar-refractivity contribution in [1.82, 2.24) is 9.80 Å². The maximum atomic E-state index is 13.0. The van der Waals surface area contributed by atoms with Crippen LogP contribution >= 0.6 is 11.6 Å². The molecular formula is C32H33ClN2O3. The van der Waals surface area contributed by atoms with Gasteiger partial charge in [-0.3, -0.25) is 9.69 Å². The molecule has 1 aromatic heterocycles. The summed E-state index contributed by atoms with van der Waals surface area (Å²) in [4.78, 5) is 17.2. The predicted octanol–water partition coefficient (Wildman–Crippen LogP) is 6.80. The van der Waals surface area contributed by atoms with E-state index in [0.717, 1.165) is 30.4 Å². The average Bonchev–Trinajstić information content (AvgIpc) is 3.43. The molecule has 0 radical (unpaired) electrons. The van der Waals surface area contributed by atoms with Crippen LogP contribution in [0.3, 0.4) is 0 Å². The molecule has 5 nitrogen and oxygen atoms in total. The van der Waals surface area contributed by atoms with Crippen LogP contribution in [-0.2, 0) is 18.6 Å². The van der Waals surface area contributed by atoms with Crippen molar-refractivity contribution in [2.24, 2.45) is 0 Å². The number of furan rings is 1. The van der Waals surface area contributed by atoms with Gasteiger partial charge in [0.15, 0.2) is 5.76 Å². The van der Waals surface area contributed by atoms with Crippen molar-refractivity contribution >= 4 is 17.5 Å². The fourth-order valence-electron chi connectivity index (χ4n) is 4.83. The third kappa shape index (κ3) is 6.12. The summed E-state index contributed by atoms with van der Waals surface area (Å²) in [7, 11) is 0. The summed E-state index contributed by atoms with van der Waals surface area (Å²) in [6, 6.07) is 30.1. The van der Waals surface area contributed by atoms with E-state index in [-0.39, 0.29) is 17.9 Å². The zero-order valence-corrected chi connectivity index (χ0v) is 22.7. The van der Waals surface area contributed by atoms with Crippen LogP contribution in [0.5, 0.6) is 5.75 Å². The van der Waals surface area contributed by atoms with Crippen molar-refractivity contribution in [1.29, 1.82) is 0 Å². The second-order valence-electron chi connectivity index (χ2n) is 10.3. The zero-order chi connectivity index (χ0) is 26.5. The smallest absolute Gasteiger partial charge is 0.289 e. The normalized spacial score (nSPS) is 14.4. The van der Waals surface area contributed by atoms with Crippen LogP contribution < -0.4 is 4.74 Å². The highest BCUT2D eigenvalue weighted by molar-refractivity contribution is 6.30. The van der Waals surface area contributed by atoms with E-state index in [4.69, 9.17) is 20.8 Å². The monoisotopic (exact) mass is 528 g/mol. The minimum atomic E-state index is -0.0998. The molecule has 0 aliphatic carbocycles. The van der Waals surface area contributed by atoms with Gasteiger partial charge in [0.1, 0.15) is 18.1 Å². The maximum Gasteiger partial charge on any atom is 0.289 e. The summed E-state index contributed by atoms with van der Waals surface area (Å²) in [6.45, 7) is 8.55. The molecule has 1 fully saturated rings. The molecule has 1 aliphatic rings. The fourth-order valence-corrected chi connectivity index (χ4v) is 4.95. The van der Waals surface area contributed by atoms with Crippen molar-refractivity contribution < 1.29 is 13.9 Å². The maximum absolute atomic E-state index is 13.0. The van der Waals surface area contributed by atoms with Gasteiger partial charge in [0.05, 0.1) is 0 Å². The van der Waals surface area contributed by atoms with Crippen molar-refractivity contribution in [2.45, 2.75) is 32.4 Å². The standard InChI is InChI=1S/C32H33ClN2O3/c1-32(2,25-6-4-3-5-7-25)26-10-14-28(15-11-26)37-23-29-16-17-30(38-29)31(36)35-20-18-34(19-21-35)22-24-8-12-27(33)13-9-24/h3-17H,18-23H2,1-2H3. The number of carbonyl (C=O) groups is 1. The van der Waals surface area contributed by atoms with E-state index >= 15 is 0 Å². The number of benzene rings is 3. The summed E-state index contributed by atoms with van der Waals surface area (Å²) in [6.07, 6.45) is 0. The number of ether oxygens (including phenoxy) is 1. The molecule has 4 aromatic rings. The molecule has 3 aromatic carbocycles. The minimum absolute atomic E-state index is 0.0742. The number of piperazine rings is 1. The summed E-state index contributed by atoms with van der Waals surface area (Å²) in [5.74, 6) is 1.67. The molecule has 1 amide bonds. The molecule has 0 spiro atoms. The molecule has 1 saturated heterocycles. The van der Waals surface area contributed by atoms with Crippen LogP contribution in [0, 0.1) is 0 Å². The number of rotatable bonds is 8. The fraction of sp³-hybridized carbons (Fsp3) is 0.281. The van der Waals surface area contributed by atoms with E-state index in [1.165, 1.54) is 16.7 Å². The third-order valence-corrected chi connectivity index (χ3v) is 7.56. The number of carbonyl (C=O) groups excluding carboxylic acids is 1. The first kappa shape index (κ1) is 26.1. The van der Waals surface area contributed by atoms with Gasteiger partial charge in [-0.05, 0) is 53.1 Å². The Bertz CT molecular complexity index is 1340. The Balaban J connectivity index is 1.11. The van der Waals surface area contributed by atoms with Gasteiger partial charge in [-0.25, -0.2) is 0 Å². The summed E-state index contributed by atoms with van der Waals surface area (Å²) >= 11 is 5.98. The van der Waals surface area contributed by atoms with Gasteiger partial charge >= 0.3 is 0 Å². The lowest BCUT2D eigenvalue weighted by molar-refractivity contribution is 0.0594. The van der Waals surface area contributed by atoms with E-state index in [1.54, 1.807) is 6.07 Å².